The molecule has 2 rings (SSSR count). The third-order valence-electron chi connectivity index (χ3n) is 2.60. The van der Waals surface area contributed by atoms with Crippen molar-refractivity contribution >= 4 is 21.6 Å². The molecule has 0 fully saturated rings. The largest absolute Gasteiger partial charge is 0.310 e. The molecule has 80 valence electrons. The van der Waals surface area contributed by atoms with Gasteiger partial charge in [0.1, 0.15) is 10.7 Å². The van der Waals surface area contributed by atoms with E-state index in [0.717, 1.165) is 34.4 Å². The molecule has 2 aromatic rings. The van der Waals surface area contributed by atoms with Crippen LogP contribution in [0.1, 0.15) is 30.1 Å². The maximum atomic E-state index is 11.9. The number of fused-ring (bicyclic) bond motifs is 1. The van der Waals surface area contributed by atoms with Crippen LogP contribution in [0.3, 0.4) is 0 Å². The van der Waals surface area contributed by atoms with E-state index in [9.17, 15) is 4.79 Å². The third-order valence-corrected chi connectivity index (χ3v) is 3.64. The Morgan fingerprint density at radius 2 is 2.07 bits per heavy atom. The summed E-state index contributed by atoms with van der Waals surface area (Å²) in [5.41, 5.74) is 1.16. The first kappa shape index (κ1) is 10.4. The Morgan fingerprint density at radius 3 is 2.67 bits per heavy atom. The lowest BCUT2D eigenvalue weighted by Gasteiger charge is -1.97. The topological polar surface area (TPSA) is 45.8 Å². The molecule has 0 unspecified atom stereocenters. The number of aryl methyl sites for hydroxylation is 3. The number of hydrogen-bond acceptors (Lipinski definition) is 3. The molecular formula is C11H14N2OS. The molecule has 0 saturated heterocycles. The predicted octanol–water partition coefficient (Wildman–Crippen LogP) is 2.42. The monoisotopic (exact) mass is 222 g/mol. The van der Waals surface area contributed by atoms with Gasteiger partial charge in [0.2, 0.25) is 0 Å². The second kappa shape index (κ2) is 3.77. The van der Waals surface area contributed by atoms with Crippen molar-refractivity contribution in [3.8, 4) is 0 Å². The van der Waals surface area contributed by atoms with Gasteiger partial charge in [-0.15, -0.1) is 11.3 Å². The van der Waals surface area contributed by atoms with Gasteiger partial charge in [-0.05, 0) is 18.9 Å². The summed E-state index contributed by atoms with van der Waals surface area (Å²) < 4.78 is 0. The molecule has 0 radical (unpaired) electrons. The minimum absolute atomic E-state index is 0.0121. The van der Waals surface area contributed by atoms with Crippen molar-refractivity contribution < 1.29 is 0 Å². The van der Waals surface area contributed by atoms with Gasteiger partial charge in [-0.1, -0.05) is 13.8 Å². The summed E-state index contributed by atoms with van der Waals surface area (Å²) in [5.74, 6) is 0.774. The molecule has 0 saturated carbocycles. The molecule has 0 aliphatic rings. The quantitative estimate of drug-likeness (QED) is 0.848. The summed E-state index contributed by atoms with van der Waals surface area (Å²) in [4.78, 5) is 21.2. The van der Waals surface area contributed by atoms with Crippen molar-refractivity contribution in [3.63, 3.8) is 0 Å². The molecule has 0 atom stereocenters. The normalized spacial score (nSPS) is 11.1. The molecule has 15 heavy (non-hydrogen) atoms. The smallest absolute Gasteiger partial charge is 0.259 e. The van der Waals surface area contributed by atoms with E-state index in [-0.39, 0.29) is 5.56 Å². The zero-order valence-corrected chi connectivity index (χ0v) is 9.99. The second-order valence-electron chi connectivity index (χ2n) is 3.54. The standard InChI is InChI=1S/C11H14N2OS/c1-4-7-6(3)15-11-9(7)10(14)12-8(5-2)13-11/h4-5H2,1-3H3,(H,12,13,14). The maximum absolute atomic E-state index is 11.9. The molecule has 0 spiro atoms. The number of nitrogens with one attached hydrogen (secondary N) is 1. The van der Waals surface area contributed by atoms with Gasteiger partial charge in [-0.25, -0.2) is 4.98 Å². The van der Waals surface area contributed by atoms with Crippen molar-refractivity contribution in [2.24, 2.45) is 0 Å². The van der Waals surface area contributed by atoms with Crippen LogP contribution in [0.15, 0.2) is 4.79 Å². The average molecular weight is 222 g/mol. The van der Waals surface area contributed by atoms with Crippen LogP contribution in [-0.2, 0) is 12.8 Å². The van der Waals surface area contributed by atoms with E-state index < -0.39 is 0 Å². The Bertz CT molecular complexity index is 553. The summed E-state index contributed by atoms with van der Waals surface area (Å²) in [5, 5.41) is 0.789. The fourth-order valence-electron chi connectivity index (χ4n) is 1.81. The van der Waals surface area contributed by atoms with Crippen LogP contribution >= 0.6 is 11.3 Å². The van der Waals surface area contributed by atoms with E-state index in [1.165, 1.54) is 4.88 Å². The number of rotatable bonds is 2. The Morgan fingerprint density at radius 1 is 1.33 bits per heavy atom. The van der Waals surface area contributed by atoms with Crippen LogP contribution < -0.4 is 5.56 Å². The first-order valence-corrected chi connectivity index (χ1v) is 6.00. The minimum atomic E-state index is 0.0121. The number of thiophene rings is 1. The zero-order valence-electron chi connectivity index (χ0n) is 9.18. The summed E-state index contributed by atoms with van der Waals surface area (Å²) in [6, 6.07) is 0. The SMILES string of the molecule is CCc1nc2sc(C)c(CC)c2c(=O)[nH]1. The summed E-state index contributed by atoms with van der Waals surface area (Å²) in [6.07, 6.45) is 1.66. The van der Waals surface area contributed by atoms with E-state index in [1.54, 1.807) is 11.3 Å². The number of H-pyrrole nitrogens is 1. The molecular weight excluding hydrogens is 208 g/mol. The van der Waals surface area contributed by atoms with Crippen LogP contribution in [0, 0.1) is 6.92 Å². The Balaban J connectivity index is 2.85. The van der Waals surface area contributed by atoms with E-state index in [1.807, 2.05) is 6.92 Å². The van der Waals surface area contributed by atoms with Gasteiger partial charge in [-0.3, -0.25) is 4.79 Å². The van der Waals surface area contributed by atoms with Crippen LogP contribution in [-0.4, -0.2) is 9.97 Å². The van der Waals surface area contributed by atoms with E-state index in [0.29, 0.717) is 0 Å². The van der Waals surface area contributed by atoms with Crippen LogP contribution in [0.2, 0.25) is 0 Å². The molecule has 0 aliphatic carbocycles. The van der Waals surface area contributed by atoms with Gasteiger partial charge < -0.3 is 4.98 Å². The van der Waals surface area contributed by atoms with Gasteiger partial charge in [0.15, 0.2) is 0 Å². The molecule has 3 nitrogen and oxygen atoms in total. The number of aromatic nitrogens is 2. The zero-order chi connectivity index (χ0) is 11.0. The highest BCUT2D eigenvalue weighted by atomic mass is 32.1. The van der Waals surface area contributed by atoms with Gasteiger partial charge >= 0.3 is 0 Å². The molecule has 1 N–H and O–H groups in total. The summed E-state index contributed by atoms with van der Waals surface area (Å²) in [6.45, 7) is 6.11. The first-order chi connectivity index (χ1) is 7.17. The van der Waals surface area contributed by atoms with Gasteiger partial charge in [-0.2, -0.15) is 0 Å². The predicted molar refractivity (Wildman–Crippen MR) is 63.7 cm³/mol. The Labute approximate surface area is 92.2 Å². The molecule has 0 amide bonds. The molecule has 4 heteroatoms. The van der Waals surface area contributed by atoms with Gasteiger partial charge in [0.05, 0.1) is 5.39 Å². The van der Waals surface area contributed by atoms with E-state index in [2.05, 4.69) is 23.8 Å². The number of aromatic amines is 1. The fraction of sp³-hybridized carbons (Fsp3) is 0.455. The van der Waals surface area contributed by atoms with Crippen molar-refractivity contribution in [2.75, 3.05) is 0 Å². The van der Waals surface area contributed by atoms with Gasteiger partial charge in [0.25, 0.3) is 5.56 Å². The second-order valence-corrected chi connectivity index (χ2v) is 4.74. The average Bonchev–Trinajstić information content (AvgIpc) is 2.53. The van der Waals surface area contributed by atoms with E-state index >= 15 is 0 Å². The van der Waals surface area contributed by atoms with Crippen LogP contribution in [0.4, 0.5) is 0 Å². The van der Waals surface area contributed by atoms with Crippen molar-refractivity contribution in [2.45, 2.75) is 33.6 Å². The lowest BCUT2D eigenvalue weighted by Crippen LogP contribution is -2.11. The molecule has 0 bridgehead atoms. The maximum Gasteiger partial charge on any atom is 0.259 e. The van der Waals surface area contributed by atoms with Gasteiger partial charge in [0, 0.05) is 11.3 Å². The number of nitrogens with zero attached hydrogens (tertiary/aromatic N) is 1. The van der Waals surface area contributed by atoms with E-state index in [4.69, 9.17) is 0 Å². The third kappa shape index (κ3) is 1.59. The minimum Gasteiger partial charge on any atom is -0.310 e. The highest BCUT2D eigenvalue weighted by Crippen LogP contribution is 2.26. The van der Waals surface area contributed by atoms with Crippen molar-refractivity contribution in [1.29, 1.82) is 0 Å². The molecule has 0 aromatic carbocycles. The summed E-state index contributed by atoms with van der Waals surface area (Å²) in [7, 11) is 0. The molecule has 2 aromatic heterocycles. The fourth-order valence-corrected chi connectivity index (χ4v) is 2.95. The lowest BCUT2D eigenvalue weighted by molar-refractivity contribution is 0.945. The Hall–Kier alpha value is -1.16. The number of hydrogen-bond donors (Lipinski definition) is 1. The highest BCUT2D eigenvalue weighted by molar-refractivity contribution is 7.18. The highest BCUT2D eigenvalue weighted by Gasteiger charge is 2.12. The Kier molecular flexibility index (Phi) is 2.61. The summed E-state index contributed by atoms with van der Waals surface area (Å²) >= 11 is 1.62. The van der Waals surface area contributed by atoms with Crippen LogP contribution in [0.5, 0.6) is 0 Å². The van der Waals surface area contributed by atoms with Crippen LogP contribution in [0.25, 0.3) is 10.2 Å². The lowest BCUT2D eigenvalue weighted by atomic mass is 10.1. The molecule has 2 heterocycles. The van der Waals surface area contributed by atoms with Crippen molar-refractivity contribution in [1.82, 2.24) is 9.97 Å². The van der Waals surface area contributed by atoms with Crippen molar-refractivity contribution in [3.05, 3.63) is 26.6 Å². The molecule has 0 aliphatic heterocycles. The first-order valence-electron chi connectivity index (χ1n) is 5.18.